The first-order valence-electron chi connectivity index (χ1n) is 10.1. The molecule has 7 heteroatoms. The molecule has 152 valence electrons. The van der Waals surface area contributed by atoms with Crippen LogP contribution in [-0.2, 0) is 18.4 Å². The Labute approximate surface area is 174 Å². The van der Waals surface area contributed by atoms with Crippen LogP contribution in [0, 0.1) is 0 Å². The molecule has 2 aromatic heterocycles. The van der Waals surface area contributed by atoms with E-state index in [1.165, 1.54) is 0 Å². The molecule has 1 aliphatic heterocycles. The fraction of sp³-hybridized carbons (Fsp3) is 0.261. The summed E-state index contributed by atoms with van der Waals surface area (Å²) in [5, 5.41) is 0. The minimum atomic E-state index is 0.520. The van der Waals surface area contributed by atoms with E-state index in [-0.39, 0.29) is 0 Å². The van der Waals surface area contributed by atoms with Crippen molar-refractivity contribution in [3.8, 4) is 17.0 Å². The number of aryl methyl sites for hydroxylation is 1. The summed E-state index contributed by atoms with van der Waals surface area (Å²) < 4.78 is 13.4. The van der Waals surface area contributed by atoms with Crippen LogP contribution in [0.15, 0.2) is 60.9 Å². The number of rotatable bonds is 5. The Bertz CT molecular complexity index is 1150. The van der Waals surface area contributed by atoms with Gasteiger partial charge in [0.25, 0.3) is 0 Å². The Balaban J connectivity index is 1.50. The lowest BCUT2D eigenvalue weighted by molar-refractivity contribution is 0.122. The Morgan fingerprint density at radius 2 is 1.83 bits per heavy atom. The molecule has 1 aliphatic rings. The molecule has 5 rings (SSSR count). The number of nitrogens with zero attached hydrogens (tertiary/aromatic N) is 5. The third kappa shape index (κ3) is 3.71. The topological polar surface area (TPSA) is 65.3 Å². The van der Waals surface area contributed by atoms with Crippen LogP contribution in [0.5, 0.6) is 5.75 Å². The van der Waals surface area contributed by atoms with Crippen molar-refractivity contribution in [1.82, 2.24) is 19.5 Å². The van der Waals surface area contributed by atoms with E-state index in [1.54, 1.807) is 6.33 Å². The van der Waals surface area contributed by atoms with Crippen LogP contribution in [0.3, 0.4) is 0 Å². The van der Waals surface area contributed by atoms with Gasteiger partial charge in [-0.15, -0.1) is 0 Å². The highest BCUT2D eigenvalue weighted by molar-refractivity contribution is 5.88. The SMILES string of the molecule is Cn1cnc2c(-c3cccc(OCc4ccccc4)c3)nc(N3CCOCC3)nc21. The van der Waals surface area contributed by atoms with Gasteiger partial charge in [-0.1, -0.05) is 42.5 Å². The van der Waals surface area contributed by atoms with E-state index < -0.39 is 0 Å². The highest BCUT2D eigenvalue weighted by Crippen LogP contribution is 2.30. The molecule has 0 saturated carbocycles. The number of hydrogen-bond donors (Lipinski definition) is 0. The first-order valence-corrected chi connectivity index (χ1v) is 10.1. The second-order valence-electron chi connectivity index (χ2n) is 7.30. The maximum absolute atomic E-state index is 6.02. The van der Waals surface area contributed by atoms with Gasteiger partial charge in [0, 0.05) is 25.7 Å². The molecule has 0 bridgehead atoms. The van der Waals surface area contributed by atoms with E-state index in [0.29, 0.717) is 25.8 Å². The van der Waals surface area contributed by atoms with E-state index in [0.717, 1.165) is 46.8 Å². The van der Waals surface area contributed by atoms with Crippen molar-refractivity contribution in [2.75, 3.05) is 31.2 Å². The summed E-state index contributed by atoms with van der Waals surface area (Å²) in [7, 11) is 1.95. The molecule has 1 saturated heterocycles. The van der Waals surface area contributed by atoms with E-state index in [4.69, 9.17) is 19.4 Å². The van der Waals surface area contributed by atoms with Gasteiger partial charge in [0.1, 0.15) is 23.6 Å². The molecule has 30 heavy (non-hydrogen) atoms. The van der Waals surface area contributed by atoms with Crippen LogP contribution in [0.2, 0.25) is 0 Å². The van der Waals surface area contributed by atoms with Gasteiger partial charge in [-0.2, -0.15) is 4.98 Å². The van der Waals surface area contributed by atoms with Gasteiger partial charge in [0.05, 0.1) is 19.5 Å². The molecule has 0 unspecified atom stereocenters. The molecular formula is C23H23N5O2. The number of aromatic nitrogens is 4. The lowest BCUT2D eigenvalue weighted by Gasteiger charge is -2.27. The van der Waals surface area contributed by atoms with Gasteiger partial charge in [-0.25, -0.2) is 9.97 Å². The Kier molecular flexibility index (Phi) is 5.03. The van der Waals surface area contributed by atoms with E-state index in [2.05, 4.69) is 22.0 Å². The number of imidazole rings is 1. The fourth-order valence-electron chi connectivity index (χ4n) is 3.58. The predicted molar refractivity (Wildman–Crippen MR) is 116 cm³/mol. The summed E-state index contributed by atoms with van der Waals surface area (Å²) in [4.78, 5) is 16.4. The molecule has 0 amide bonds. The third-order valence-corrected chi connectivity index (χ3v) is 5.20. The summed E-state index contributed by atoms with van der Waals surface area (Å²) >= 11 is 0. The van der Waals surface area contributed by atoms with E-state index in [1.807, 2.05) is 54.1 Å². The average molecular weight is 401 g/mol. The number of anilines is 1. The van der Waals surface area contributed by atoms with Gasteiger partial charge >= 0.3 is 0 Å². The second-order valence-corrected chi connectivity index (χ2v) is 7.30. The predicted octanol–water partition coefficient (Wildman–Crippen LogP) is 3.45. The quantitative estimate of drug-likeness (QED) is 0.510. The Hall–Kier alpha value is -3.45. The van der Waals surface area contributed by atoms with Crippen LogP contribution >= 0.6 is 0 Å². The van der Waals surface area contributed by atoms with Crippen LogP contribution in [0.4, 0.5) is 5.95 Å². The van der Waals surface area contributed by atoms with E-state index in [9.17, 15) is 0 Å². The fourth-order valence-corrected chi connectivity index (χ4v) is 3.58. The van der Waals surface area contributed by atoms with E-state index >= 15 is 0 Å². The van der Waals surface area contributed by atoms with Crippen molar-refractivity contribution in [3.63, 3.8) is 0 Å². The highest BCUT2D eigenvalue weighted by atomic mass is 16.5. The molecule has 3 heterocycles. The standard InChI is InChI=1S/C23H23N5O2/c1-27-16-24-21-20(25-23(26-22(21)27)28-10-12-29-13-11-28)18-8-5-9-19(14-18)30-15-17-6-3-2-4-7-17/h2-9,14,16H,10-13,15H2,1H3. The second kappa shape index (κ2) is 8.12. The molecular weight excluding hydrogens is 378 g/mol. The van der Waals surface area contributed by atoms with Crippen molar-refractivity contribution >= 4 is 17.1 Å². The molecule has 0 radical (unpaired) electrons. The first kappa shape index (κ1) is 18.6. The molecule has 0 N–H and O–H groups in total. The van der Waals surface area contributed by atoms with Crippen molar-refractivity contribution in [1.29, 1.82) is 0 Å². The van der Waals surface area contributed by atoms with Crippen molar-refractivity contribution < 1.29 is 9.47 Å². The smallest absolute Gasteiger partial charge is 0.228 e. The first-order chi connectivity index (χ1) is 14.8. The summed E-state index contributed by atoms with van der Waals surface area (Å²) in [6.07, 6.45) is 1.78. The molecule has 0 aliphatic carbocycles. The number of hydrogen-bond acceptors (Lipinski definition) is 6. The Morgan fingerprint density at radius 1 is 1.00 bits per heavy atom. The summed E-state index contributed by atoms with van der Waals surface area (Å²) in [5.41, 5.74) is 4.51. The maximum Gasteiger partial charge on any atom is 0.228 e. The molecule has 1 fully saturated rings. The number of fused-ring (bicyclic) bond motifs is 1. The maximum atomic E-state index is 6.02. The molecule has 4 aromatic rings. The van der Waals surface area contributed by atoms with Gasteiger partial charge in [0.15, 0.2) is 5.65 Å². The molecule has 0 atom stereocenters. The van der Waals surface area contributed by atoms with Crippen LogP contribution in [0.1, 0.15) is 5.56 Å². The Morgan fingerprint density at radius 3 is 2.67 bits per heavy atom. The molecule has 2 aromatic carbocycles. The van der Waals surface area contributed by atoms with Crippen molar-refractivity contribution in [2.45, 2.75) is 6.61 Å². The van der Waals surface area contributed by atoms with Crippen LogP contribution in [0.25, 0.3) is 22.4 Å². The summed E-state index contributed by atoms with van der Waals surface area (Å²) in [6, 6.07) is 18.1. The van der Waals surface area contributed by atoms with Gasteiger partial charge < -0.3 is 18.9 Å². The third-order valence-electron chi connectivity index (χ3n) is 5.20. The van der Waals surface area contributed by atoms with Crippen molar-refractivity contribution in [3.05, 3.63) is 66.5 Å². The lowest BCUT2D eigenvalue weighted by Crippen LogP contribution is -2.37. The number of morpholine rings is 1. The van der Waals surface area contributed by atoms with Crippen LogP contribution in [-0.4, -0.2) is 45.8 Å². The summed E-state index contributed by atoms with van der Waals surface area (Å²) in [6.45, 7) is 3.45. The normalized spacial score (nSPS) is 14.2. The van der Waals surface area contributed by atoms with Gasteiger partial charge in [0.2, 0.25) is 5.95 Å². The average Bonchev–Trinajstić information content (AvgIpc) is 3.19. The van der Waals surface area contributed by atoms with Crippen LogP contribution < -0.4 is 9.64 Å². The zero-order valence-electron chi connectivity index (χ0n) is 16.9. The number of benzene rings is 2. The monoisotopic (exact) mass is 401 g/mol. The van der Waals surface area contributed by atoms with Gasteiger partial charge in [-0.3, -0.25) is 0 Å². The number of ether oxygens (including phenoxy) is 2. The highest BCUT2D eigenvalue weighted by Gasteiger charge is 2.19. The van der Waals surface area contributed by atoms with Crippen molar-refractivity contribution in [2.24, 2.45) is 7.05 Å². The minimum Gasteiger partial charge on any atom is -0.489 e. The molecule has 0 spiro atoms. The molecule has 7 nitrogen and oxygen atoms in total. The lowest BCUT2D eigenvalue weighted by atomic mass is 10.1. The zero-order valence-corrected chi connectivity index (χ0v) is 16.9. The van der Waals surface area contributed by atoms with Gasteiger partial charge in [-0.05, 0) is 17.7 Å². The minimum absolute atomic E-state index is 0.520. The largest absolute Gasteiger partial charge is 0.489 e. The summed E-state index contributed by atoms with van der Waals surface area (Å²) in [5.74, 6) is 1.51. The zero-order chi connectivity index (χ0) is 20.3.